The van der Waals surface area contributed by atoms with Crippen LogP contribution in [0.2, 0.25) is 0 Å². The molecule has 0 atom stereocenters. The summed E-state index contributed by atoms with van der Waals surface area (Å²) in [7, 11) is 1.50. The van der Waals surface area contributed by atoms with Gasteiger partial charge in [0.1, 0.15) is 0 Å². The van der Waals surface area contributed by atoms with Gasteiger partial charge in [0.2, 0.25) is 0 Å². The second-order valence-corrected chi connectivity index (χ2v) is 4.14. The van der Waals surface area contributed by atoms with Crippen molar-refractivity contribution in [2.75, 3.05) is 40.1 Å². The molecule has 0 aromatic heterocycles. The van der Waals surface area contributed by atoms with Crippen LogP contribution >= 0.6 is 0 Å². The Balaban J connectivity index is 2.56. The molecule has 7 heteroatoms. The lowest BCUT2D eigenvalue weighted by Gasteiger charge is -2.14. The molecule has 0 saturated carbocycles. The molecule has 0 amide bonds. The fraction of sp³-hybridized carbons (Fsp3) is 0.500. The Morgan fingerprint density at radius 1 is 1.33 bits per heavy atom. The van der Waals surface area contributed by atoms with E-state index in [-0.39, 0.29) is 6.61 Å². The summed E-state index contributed by atoms with van der Waals surface area (Å²) in [6.07, 6.45) is 0. The van der Waals surface area contributed by atoms with Gasteiger partial charge in [0, 0.05) is 18.7 Å². The zero-order valence-corrected chi connectivity index (χ0v) is 12.0. The molecular weight excluding hydrogens is 278 g/mol. The zero-order valence-electron chi connectivity index (χ0n) is 12.0. The highest BCUT2D eigenvalue weighted by atomic mass is 16.5. The Hall–Kier alpha value is -1.83. The number of methoxy groups -OCH3 is 1. The summed E-state index contributed by atoms with van der Waals surface area (Å²) in [6, 6.07) is 5.36. The predicted octanol–water partition coefficient (Wildman–Crippen LogP) is 0.257. The van der Waals surface area contributed by atoms with Crippen molar-refractivity contribution in [2.45, 2.75) is 6.54 Å². The van der Waals surface area contributed by atoms with Crippen LogP contribution in [0, 0.1) is 0 Å². The molecule has 0 aliphatic heterocycles. The third kappa shape index (κ3) is 6.44. The van der Waals surface area contributed by atoms with Crippen LogP contribution in [0.3, 0.4) is 0 Å². The molecule has 3 N–H and O–H groups in total. The van der Waals surface area contributed by atoms with E-state index in [1.807, 2.05) is 12.1 Å². The monoisotopic (exact) mass is 299 g/mol. The van der Waals surface area contributed by atoms with Gasteiger partial charge in [0.25, 0.3) is 0 Å². The summed E-state index contributed by atoms with van der Waals surface area (Å²) in [5.41, 5.74) is 0.803. The zero-order chi connectivity index (χ0) is 15.5. The number of hydrogen-bond acceptors (Lipinski definition) is 6. The predicted molar refractivity (Wildman–Crippen MR) is 75.7 cm³/mol. The summed E-state index contributed by atoms with van der Waals surface area (Å²) in [4.78, 5) is 10.6. The number of aliphatic hydroxyl groups is 1. The number of benzene rings is 1. The van der Waals surface area contributed by atoms with Gasteiger partial charge in [-0.15, -0.1) is 0 Å². The maximum Gasteiger partial charge on any atom is 0.341 e. The summed E-state index contributed by atoms with van der Waals surface area (Å²) in [6.45, 7) is 1.48. The van der Waals surface area contributed by atoms with E-state index in [1.165, 1.54) is 7.11 Å². The molecule has 1 rings (SSSR count). The Kier molecular flexibility index (Phi) is 8.18. The highest BCUT2D eigenvalue weighted by molar-refractivity contribution is 5.68. The third-order valence-corrected chi connectivity index (χ3v) is 2.59. The minimum Gasteiger partial charge on any atom is -0.493 e. The van der Waals surface area contributed by atoms with Crippen molar-refractivity contribution in [2.24, 2.45) is 0 Å². The molecule has 0 saturated heterocycles. The topological polar surface area (TPSA) is 97.3 Å². The van der Waals surface area contributed by atoms with Crippen molar-refractivity contribution in [3.8, 4) is 11.5 Å². The number of rotatable bonds is 11. The van der Waals surface area contributed by atoms with Gasteiger partial charge in [0.15, 0.2) is 18.1 Å². The van der Waals surface area contributed by atoms with Crippen molar-refractivity contribution in [3.05, 3.63) is 23.8 Å². The van der Waals surface area contributed by atoms with Gasteiger partial charge in [-0.3, -0.25) is 0 Å². The molecule has 0 heterocycles. The number of carboxylic acids is 1. The summed E-state index contributed by atoms with van der Waals surface area (Å²) < 4.78 is 15.6. The fourth-order valence-corrected chi connectivity index (χ4v) is 1.69. The number of hydrogen-bond donors (Lipinski definition) is 3. The van der Waals surface area contributed by atoms with E-state index in [0.717, 1.165) is 5.56 Å². The maximum absolute atomic E-state index is 10.6. The molecule has 0 radical (unpaired) electrons. The van der Waals surface area contributed by atoms with Crippen LogP contribution in [-0.4, -0.2) is 56.3 Å². The number of carbonyl (C=O) groups is 1. The van der Waals surface area contributed by atoms with Crippen molar-refractivity contribution in [1.82, 2.24) is 5.32 Å². The number of carboxylic acid groups (broad SMARTS) is 1. The average Bonchev–Trinajstić information content (AvgIpc) is 2.48. The first kappa shape index (κ1) is 17.2. The van der Waals surface area contributed by atoms with E-state index in [0.29, 0.717) is 37.8 Å². The van der Waals surface area contributed by atoms with Crippen LogP contribution in [0.1, 0.15) is 5.56 Å². The van der Waals surface area contributed by atoms with Gasteiger partial charge in [0.05, 0.1) is 26.9 Å². The Labute approximate surface area is 123 Å². The highest BCUT2D eigenvalue weighted by Crippen LogP contribution is 2.30. The summed E-state index contributed by atoms with van der Waals surface area (Å²) in [5, 5.41) is 20.4. The van der Waals surface area contributed by atoms with E-state index in [1.54, 1.807) is 6.07 Å². The first-order valence-electron chi connectivity index (χ1n) is 6.58. The maximum atomic E-state index is 10.6. The first-order valence-corrected chi connectivity index (χ1v) is 6.58. The van der Waals surface area contributed by atoms with Gasteiger partial charge >= 0.3 is 5.97 Å². The van der Waals surface area contributed by atoms with Gasteiger partial charge in [-0.25, -0.2) is 4.79 Å². The Bertz CT molecular complexity index is 437. The molecule has 0 aliphatic carbocycles. The normalized spacial score (nSPS) is 10.4. The van der Waals surface area contributed by atoms with E-state index in [2.05, 4.69) is 5.32 Å². The molecule has 0 unspecified atom stereocenters. The molecule has 1 aromatic rings. The molecule has 0 fully saturated rings. The largest absolute Gasteiger partial charge is 0.493 e. The lowest BCUT2D eigenvalue weighted by Crippen LogP contribution is -2.21. The van der Waals surface area contributed by atoms with Crippen LogP contribution in [0.4, 0.5) is 0 Å². The van der Waals surface area contributed by atoms with E-state index in [4.69, 9.17) is 24.4 Å². The van der Waals surface area contributed by atoms with E-state index < -0.39 is 12.6 Å². The number of aliphatic hydroxyl groups excluding tert-OH is 1. The van der Waals surface area contributed by atoms with E-state index in [9.17, 15) is 4.79 Å². The van der Waals surface area contributed by atoms with Crippen LogP contribution in [0.15, 0.2) is 18.2 Å². The fourth-order valence-electron chi connectivity index (χ4n) is 1.69. The molecule has 0 aliphatic rings. The van der Waals surface area contributed by atoms with Crippen molar-refractivity contribution >= 4 is 5.97 Å². The molecule has 21 heavy (non-hydrogen) atoms. The molecule has 1 aromatic carbocycles. The second kappa shape index (κ2) is 9.98. The van der Waals surface area contributed by atoms with Crippen molar-refractivity contribution in [1.29, 1.82) is 0 Å². The van der Waals surface area contributed by atoms with Gasteiger partial charge < -0.3 is 29.7 Å². The Morgan fingerprint density at radius 3 is 2.81 bits per heavy atom. The Morgan fingerprint density at radius 2 is 2.14 bits per heavy atom. The highest BCUT2D eigenvalue weighted by Gasteiger charge is 2.11. The van der Waals surface area contributed by atoms with Crippen molar-refractivity contribution in [3.63, 3.8) is 0 Å². The molecule has 0 bridgehead atoms. The average molecular weight is 299 g/mol. The van der Waals surface area contributed by atoms with Gasteiger partial charge in [-0.2, -0.15) is 0 Å². The van der Waals surface area contributed by atoms with Crippen LogP contribution in [0.25, 0.3) is 0 Å². The SMILES string of the molecule is COc1cccc(CNCCOCCO)c1OCC(=O)O. The lowest BCUT2D eigenvalue weighted by molar-refractivity contribution is -0.139. The quantitative estimate of drug-likeness (QED) is 0.504. The smallest absolute Gasteiger partial charge is 0.341 e. The van der Waals surface area contributed by atoms with Crippen LogP contribution in [0.5, 0.6) is 11.5 Å². The van der Waals surface area contributed by atoms with Crippen LogP contribution < -0.4 is 14.8 Å². The van der Waals surface area contributed by atoms with Crippen LogP contribution in [-0.2, 0) is 16.1 Å². The standard InChI is InChI=1S/C14H21NO6/c1-19-12-4-2-3-11(14(12)21-10-13(17)18)9-15-5-7-20-8-6-16/h2-4,15-16H,5-10H2,1H3,(H,17,18). The molecule has 118 valence electrons. The van der Waals surface area contributed by atoms with Gasteiger partial charge in [-0.05, 0) is 6.07 Å². The molecule has 7 nitrogen and oxygen atoms in total. The second-order valence-electron chi connectivity index (χ2n) is 4.14. The number of aliphatic carboxylic acids is 1. The minimum atomic E-state index is -1.04. The number of para-hydroxylation sites is 1. The van der Waals surface area contributed by atoms with Gasteiger partial charge in [-0.1, -0.05) is 12.1 Å². The lowest BCUT2D eigenvalue weighted by atomic mass is 10.2. The number of nitrogens with one attached hydrogen (secondary N) is 1. The molecule has 0 spiro atoms. The summed E-state index contributed by atoms with van der Waals surface area (Å²) >= 11 is 0. The first-order chi connectivity index (χ1) is 10.2. The summed E-state index contributed by atoms with van der Waals surface area (Å²) in [5.74, 6) is -0.129. The third-order valence-electron chi connectivity index (χ3n) is 2.59. The van der Waals surface area contributed by atoms with Crippen molar-refractivity contribution < 1.29 is 29.2 Å². The number of ether oxygens (including phenoxy) is 3. The minimum absolute atomic E-state index is 0.00304. The van der Waals surface area contributed by atoms with E-state index >= 15 is 0 Å². The molecular formula is C14H21NO6.